The van der Waals surface area contributed by atoms with Gasteiger partial charge >= 0.3 is 0 Å². The van der Waals surface area contributed by atoms with Crippen molar-refractivity contribution in [3.05, 3.63) is 29.9 Å². The third-order valence-corrected chi connectivity index (χ3v) is 4.93. The van der Waals surface area contributed by atoms with Gasteiger partial charge in [-0.15, -0.1) is 0 Å². The van der Waals surface area contributed by atoms with E-state index in [0.717, 1.165) is 5.56 Å². The van der Waals surface area contributed by atoms with E-state index in [0.29, 0.717) is 5.69 Å². The average molecular weight is 284 g/mol. The van der Waals surface area contributed by atoms with E-state index in [1.807, 2.05) is 0 Å². The first kappa shape index (κ1) is 13.6. The maximum absolute atomic E-state index is 12.5. The van der Waals surface area contributed by atoms with Gasteiger partial charge in [0.05, 0.1) is 18.2 Å². The number of hydrogen-bond acceptors (Lipinski definition) is 5. The molecule has 7 nitrogen and oxygen atoms in total. The summed E-state index contributed by atoms with van der Waals surface area (Å²) < 4.78 is 32.5. The molecule has 19 heavy (non-hydrogen) atoms. The molecule has 0 spiro atoms. The molecule has 0 saturated heterocycles. The number of hydrogen-bond donors (Lipinski definition) is 1. The quantitative estimate of drug-likeness (QED) is 0.893. The second-order valence-electron chi connectivity index (χ2n) is 4.32. The van der Waals surface area contributed by atoms with Gasteiger partial charge in [0.15, 0.2) is 5.82 Å². The summed E-state index contributed by atoms with van der Waals surface area (Å²) in [6, 6.07) is 1.71. The van der Waals surface area contributed by atoms with Crippen molar-refractivity contribution in [3.63, 3.8) is 0 Å². The van der Waals surface area contributed by atoms with E-state index in [1.165, 1.54) is 28.6 Å². The largest absolute Gasteiger partial charge is 0.472 e. The molecule has 0 unspecified atom stereocenters. The van der Waals surface area contributed by atoms with Crippen molar-refractivity contribution in [2.45, 2.75) is 18.4 Å². The summed E-state index contributed by atoms with van der Waals surface area (Å²) in [5.74, 6) is 0.0130. The summed E-state index contributed by atoms with van der Waals surface area (Å²) in [7, 11) is -0.524. The third-order valence-electron chi connectivity index (χ3n) is 2.96. The van der Waals surface area contributed by atoms with Gasteiger partial charge in [-0.1, -0.05) is 0 Å². The predicted molar refractivity (Wildman–Crippen MR) is 69.7 cm³/mol. The van der Waals surface area contributed by atoms with Crippen LogP contribution in [0.2, 0.25) is 0 Å². The minimum atomic E-state index is -3.67. The van der Waals surface area contributed by atoms with Crippen LogP contribution in [0, 0.1) is 6.92 Å². The molecule has 2 rings (SSSR count). The lowest BCUT2D eigenvalue weighted by Crippen LogP contribution is -2.27. The molecule has 2 N–H and O–H groups in total. The zero-order chi connectivity index (χ0) is 14.2. The topological polar surface area (TPSA) is 94.4 Å². The summed E-state index contributed by atoms with van der Waals surface area (Å²) in [5.41, 5.74) is 6.96. The maximum Gasteiger partial charge on any atom is 0.248 e. The Morgan fingerprint density at radius 2 is 2.21 bits per heavy atom. The van der Waals surface area contributed by atoms with Crippen molar-refractivity contribution in [1.82, 2.24) is 14.1 Å². The fraction of sp³-hybridized carbons (Fsp3) is 0.364. The lowest BCUT2D eigenvalue weighted by Gasteiger charge is -2.16. The second kappa shape index (κ2) is 4.71. The van der Waals surface area contributed by atoms with Gasteiger partial charge in [0.25, 0.3) is 0 Å². The Kier molecular flexibility index (Phi) is 3.38. The number of sulfonamides is 1. The number of aryl methyl sites for hydroxylation is 1. The molecular weight excluding hydrogens is 268 g/mol. The normalized spacial score (nSPS) is 12.2. The van der Waals surface area contributed by atoms with E-state index in [2.05, 4.69) is 5.10 Å². The van der Waals surface area contributed by atoms with E-state index >= 15 is 0 Å². The van der Waals surface area contributed by atoms with Gasteiger partial charge in [-0.25, -0.2) is 8.42 Å². The molecule has 104 valence electrons. The highest BCUT2D eigenvalue weighted by molar-refractivity contribution is 7.89. The Balaban J connectivity index is 2.36. The Morgan fingerprint density at radius 3 is 2.68 bits per heavy atom. The van der Waals surface area contributed by atoms with Crippen molar-refractivity contribution < 1.29 is 12.8 Å². The molecule has 2 heterocycles. The molecule has 2 aromatic rings. The van der Waals surface area contributed by atoms with Crippen LogP contribution >= 0.6 is 0 Å². The van der Waals surface area contributed by atoms with Crippen LogP contribution in [0.5, 0.6) is 0 Å². The van der Waals surface area contributed by atoms with Gasteiger partial charge in [0, 0.05) is 26.2 Å². The number of aromatic nitrogens is 2. The Hall–Kier alpha value is -1.80. The predicted octanol–water partition coefficient (Wildman–Crippen LogP) is 0.724. The molecule has 0 fully saturated rings. The summed E-state index contributed by atoms with van der Waals surface area (Å²) in [6.07, 6.45) is 3.00. The minimum absolute atomic E-state index is 0.0130. The lowest BCUT2D eigenvalue weighted by molar-refractivity contribution is 0.463. The molecule has 0 radical (unpaired) electrons. The number of furan rings is 1. The van der Waals surface area contributed by atoms with Crippen LogP contribution in [0.3, 0.4) is 0 Å². The van der Waals surface area contributed by atoms with Crippen LogP contribution < -0.4 is 5.73 Å². The molecule has 0 saturated carbocycles. The van der Waals surface area contributed by atoms with Crippen molar-refractivity contribution in [2.75, 3.05) is 12.8 Å². The summed E-state index contributed by atoms with van der Waals surface area (Å²) >= 11 is 0. The van der Waals surface area contributed by atoms with Gasteiger partial charge < -0.3 is 10.2 Å². The molecule has 0 atom stereocenters. The molecular formula is C11H16N4O3S. The first-order chi connectivity index (χ1) is 8.84. The summed E-state index contributed by atoms with van der Waals surface area (Å²) in [4.78, 5) is 0.0565. The summed E-state index contributed by atoms with van der Waals surface area (Å²) in [6.45, 7) is 1.88. The van der Waals surface area contributed by atoms with Crippen LogP contribution in [-0.4, -0.2) is 29.6 Å². The van der Waals surface area contributed by atoms with Crippen LogP contribution in [-0.2, 0) is 23.6 Å². The Morgan fingerprint density at radius 1 is 1.53 bits per heavy atom. The van der Waals surface area contributed by atoms with Crippen molar-refractivity contribution in [1.29, 1.82) is 0 Å². The van der Waals surface area contributed by atoms with Gasteiger partial charge in [0.1, 0.15) is 4.90 Å². The minimum Gasteiger partial charge on any atom is -0.472 e. The van der Waals surface area contributed by atoms with Crippen LogP contribution in [0.1, 0.15) is 11.3 Å². The number of nitrogen functional groups attached to an aromatic ring is 1. The van der Waals surface area contributed by atoms with Crippen LogP contribution in [0.4, 0.5) is 5.82 Å². The number of nitrogens with two attached hydrogens (primary N) is 1. The molecule has 0 aromatic carbocycles. The zero-order valence-electron chi connectivity index (χ0n) is 11.0. The fourth-order valence-electron chi connectivity index (χ4n) is 1.81. The Labute approximate surface area is 111 Å². The van der Waals surface area contributed by atoms with Gasteiger partial charge in [-0.05, 0) is 13.0 Å². The van der Waals surface area contributed by atoms with E-state index < -0.39 is 10.0 Å². The molecule has 2 aromatic heterocycles. The number of rotatable bonds is 4. The molecule has 0 aliphatic carbocycles. The van der Waals surface area contributed by atoms with Gasteiger partial charge in [0.2, 0.25) is 10.0 Å². The van der Waals surface area contributed by atoms with Crippen molar-refractivity contribution in [3.8, 4) is 0 Å². The van der Waals surface area contributed by atoms with E-state index in [4.69, 9.17) is 10.2 Å². The van der Waals surface area contributed by atoms with Crippen LogP contribution in [0.25, 0.3) is 0 Å². The van der Waals surface area contributed by atoms with Crippen molar-refractivity contribution >= 4 is 15.8 Å². The fourth-order valence-corrected chi connectivity index (χ4v) is 3.25. The smallest absolute Gasteiger partial charge is 0.248 e. The molecule has 0 amide bonds. The average Bonchev–Trinajstić information content (AvgIpc) is 2.88. The first-order valence-corrected chi connectivity index (χ1v) is 7.04. The Bertz CT molecular complexity index is 673. The van der Waals surface area contributed by atoms with Crippen molar-refractivity contribution in [2.24, 2.45) is 7.05 Å². The zero-order valence-corrected chi connectivity index (χ0v) is 11.8. The van der Waals surface area contributed by atoms with E-state index in [1.54, 1.807) is 20.0 Å². The molecule has 8 heteroatoms. The molecule has 0 aliphatic heterocycles. The number of nitrogens with zero attached hydrogens (tertiary/aromatic N) is 3. The van der Waals surface area contributed by atoms with Gasteiger partial charge in [-0.3, -0.25) is 4.68 Å². The molecule has 0 aliphatic rings. The standard InChI is InChI=1S/C11H16N4O3S/c1-8-10(11(12)13-15(8)3)19(16,17)14(2)6-9-4-5-18-7-9/h4-5,7H,6H2,1-3H3,(H2,12,13). The van der Waals surface area contributed by atoms with Gasteiger partial charge in [-0.2, -0.15) is 9.40 Å². The maximum atomic E-state index is 12.5. The highest BCUT2D eigenvalue weighted by Gasteiger charge is 2.28. The van der Waals surface area contributed by atoms with Crippen LogP contribution in [0.15, 0.2) is 27.9 Å². The number of anilines is 1. The third kappa shape index (κ3) is 2.36. The highest BCUT2D eigenvalue weighted by Crippen LogP contribution is 2.25. The monoisotopic (exact) mass is 284 g/mol. The first-order valence-electron chi connectivity index (χ1n) is 5.60. The lowest BCUT2D eigenvalue weighted by atomic mass is 10.3. The van der Waals surface area contributed by atoms with E-state index in [9.17, 15) is 8.42 Å². The second-order valence-corrected chi connectivity index (χ2v) is 6.30. The highest BCUT2D eigenvalue weighted by atomic mass is 32.2. The summed E-state index contributed by atoms with van der Waals surface area (Å²) in [5, 5.41) is 3.93. The molecule has 0 bridgehead atoms. The van der Waals surface area contributed by atoms with E-state index in [-0.39, 0.29) is 17.3 Å². The SMILES string of the molecule is Cc1c(S(=O)(=O)N(C)Cc2ccoc2)c(N)nn1C.